The highest BCUT2D eigenvalue weighted by atomic mass is 35.5. The summed E-state index contributed by atoms with van der Waals surface area (Å²) >= 11 is 6.33. The van der Waals surface area contributed by atoms with Crippen molar-refractivity contribution in [2.75, 3.05) is 0 Å². The highest BCUT2D eigenvalue weighted by Crippen LogP contribution is 2.38. The third-order valence-electron chi connectivity index (χ3n) is 6.45. The van der Waals surface area contributed by atoms with Crippen molar-refractivity contribution >= 4 is 29.5 Å². The summed E-state index contributed by atoms with van der Waals surface area (Å²) in [4.78, 5) is 19.6. The zero-order valence-corrected chi connectivity index (χ0v) is 20.8. The molecular formula is C26H29ClFN5O2. The van der Waals surface area contributed by atoms with Gasteiger partial charge in [0, 0.05) is 23.1 Å². The number of pyridine rings is 1. The molecule has 2 unspecified atom stereocenters. The normalized spacial score (nSPS) is 24.1. The maximum atomic E-state index is 13.7. The van der Waals surface area contributed by atoms with Gasteiger partial charge in [-0.25, -0.2) is 14.2 Å². The molecule has 5 rings (SSSR count). The van der Waals surface area contributed by atoms with Crippen LogP contribution in [-0.2, 0) is 9.53 Å². The molecule has 7 nitrogen and oxygen atoms in total. The number of aromatic nitrogens is 1. The number of hydrogen-bond donors (Lipinski definition) is 1. The molecular weight excluding hydrogens is 469 g/mol. The molecule has 2 aliphatic carbocycles. The highest BCUT2D eigenvalue weighted by molar-refractivity contribution is 6.29. The molecule has 0 bridgehead atoms. The molecule has 0 fully saturated rings. The molecule has 2 atom stereocenters. The molecule has 0 saturated carbocycles. The molecule has 0 amide bonds. The molecule has 0 spiro atoms. The van der Waals surface area contributed by atoms with Crippen LogP contribution in [0.15, 0.2) is 63.9 Å². The maximum Gasteiger partial charge on any atom is 0.334 e. The van der Waals surface area contributed by atoms with Gasteiger partial charge >= 0.3 is 5.97 Å². The Morgan fingerprint density at radius 3 is 2.83 bits per heavy atom. The number of carbonyl (C=O) groups excluding carboxylic acids is 1. The van der Waals surface area contributed by atoms with Crippen LogP contribution in [0.25, 0.3) is 5.57 Å². The first kappa shape index (κ1) is 23.6. The zero-order chi connectivity index (χ0) is 24.7. The van der Waals surface area contributed by atoms with E-state index in [4.69, 9.17) is 16.3 Å². The zero-order valence-electron chi connectivity index (χ0n) is 20.1. The van der Waals surface area contributed by atoms with Crippen LogP contribution in [0, 0.1) is 5.82 Å². The molecule has 3 heterocycles. The van der Waals surface area contributed by atoms with Crippen LogP contribution in [0.5, 0.6) is 0 Å². The summed E-state index contributed by atoms with van der Waals surface area (Å²) in [7, 11) is 0. The van der Waals surface area contributed by atoms with Gasteiger partial charge in [0.05, 0.1) is 11.7 Å². The van der Waals surface area contributed by atoms with Crippen molar-refractivity contribution < 1.29 is 13.9 Å². The van der Waals surface area contributed by atoms with Gasteiger partial charge in [-0.3, -0.25) is 9.88 Å². The molecule has 1 aromatic heterocycles. The van der Waals surface area contributed by atoms with E-state index in [2.05, 4.69) is 21.5 Å². The quantitative estimate of drug-likeness (QED) is 0.593. The molecule has 0 aromatic carbocycles. The molecule has 9 heteroatoms. The Morgan fingerprint density at radius 1 is 1.29 bits per heavy atom. The lowest BCUT2D eigenvalue weighted by atomic mass is 9.92. The van der Waals surface area contributed by atoms with E-state index in [1.165, 1.54) is 18.3 Å². The first-order chi connectivity index (χ1) is 16.7. The van der Waals surface area contributed by atoms with Crippen molar-refractivity contribution in [3.05, 3.63) is 70.3 Å². The monoisotopic (exact) mass is 497 g/mol. The number of hydrogen-bond acceptors (Lipinski definition) is 7. The van der Waals surface area contributed by atoms with Gasteiger partial charge in [-0.1, -0.05) is 17.7 Å². The summed E-state index contributed by atoms with van der Waals surface area (Å²) in [6.07, 6.45) is 12.7. The first-order valence-corrected chi connectivity index (χ1v) is 12.3. The molecule has 1 aromatic rings. The van der Waals surface area contributed by atoms with Crippen LogP contribution in [0.1, 0.15) is 58.6 Å². The topological polar surface area (TPSA) is 70.1 Å². The third kappa shape index (κ3) is 4.85. The van der Waals surface area contributed by atoms with Crippen molar-refractivity contribution in [3.8, 4) is 0 Å². The molecule has 0 saturated heterocycles. The van der Waals surface area contributed by atoms with Gasteiger partial charge in [-0.15, -0.1) is 0 Å². The van der Waals surface area contributed by atoms with E-state index < -0.39 is 11.6 Å². The number of halogens is 2. The minimum atomic E-state index is -0.633. The van der Waals surface area contributed by atoms with Crippen LogP contribution in [0.4, 0.5) is 4.39 Å². The fourth-order valence-corrected chi connectivity index (χ4v) is 5.08. The van der Waals surface area contributed by atoms with Crippen LogP contribution in [0.3, 0.4) is 0 Å². The van der Waals surface area contributed by atoms with E-state index in [0.717, 1.165) is 47.0 Å². The lowest BCUT2D eigenvalue weighted by Crippen LogP contribution is -2.45. The SMILES string of the molecule is CC(C)(C)OC(=O)C1C2=C(C=C(Cl)CC2)NC=C2N1C=NN2C1CC=C(c2cc(F)ccn2)CC1. The summed E-state index contributed by atoms with van der Waals surface area (Å²) in [6, 6.07) is 2.28. The Balaban J connectivity index is 1.41. The molecule has 0 radical (unpaired) electrons. The summed E-state index contributed by atoms with van der Waals surface area (Å²) in [5, 5.41) is 10.8. The average Bonchev–Trinajstić information content (AvgIpc) is 3.14. The molecule has 4 aliphatic rings. The van der Waals surface area contributed by atoms with Gasteiger partial charge in [-0.05, 0) is 82.2 Å². The second-order valence-corrected chi connectivity index (χ2v) is 10.6. The third-order valence-corrected chi connectivity index (χ3v) is 6.75. The second kappa shape index (κ2) is 9.15. The Labute approximate surface area is 209 Å². The van der Waals surface area contributed by atoms with Crippen LogP contribution < -0.4 is 5.32 Å². The second-order valence-electron chi connectivity index (χ2n) is 10.1. The lowest BCUT2D eigenvalue weighted by molar-refractivity contribution is -0.158. The smallest absolute Gasteiger partial charge is 0.334 e. The molecule has 1 N–H and O–H groups in total. The van der Waals surface area contributed by atoms with Crippen molar-refractivity contribution in [2.45, 2.75) is 70.6 Å². The first-order valence-electron chi connectivity index (χ1n) is 11.9. The van der Waals surface area contributed by atoms with Crippen molar-refractivity contribution in [1.82, 2.24) is 20.2 Å². The molecule has 184 valence electrons. The van der Waals surface area contributed by atoms with E-state index in [9.17, 15) is 9.18 Å². The number of fused-ring (bicyclic) bond motifs is 1. The Morgan fingerprint density at radius 2 is 2.11 bits per heavy atom. The standard InChI is InChI=1S/C26H29ClFN5O2/c1-26(2,3)35-25(34)24-20-9-6-17(27)12-22(20)30-14-23-32(24)15-31-33(23)19-7-4-16(5-8-19)21-13-18(28)10-11-29-21/h4,10-15,19,24,30H,5-9H2,1-3H3. The van der Waals surface area contributed by atoms with Crippen molar-refractivity contribution in [3.63, 3.8) is 0 Å². The predicted octanol–water partition coefficient (Wildman–Crippen LogP) is 5.00. The number of hydrazone groups is 1. The van der Waals surface area contributed by atoms with Gasteiger partial charge in [-0.2, -0.15) is 5.10 Å². The number of nitrogens with one attached hydrogen (secondary N) is 1. The fourth-order valence-electron chi connectivity index (χ4n) is 4.88. The molecule has 2 aliphatic heterocycles. The summed E-state index contributed by atoms with van der Waals surface area (Å²) in [5.74, 6) is 0.180. The number of esters is 1. The summed E-state index contributed by atoms with van der Waals surface area (Å²) in [5.41, 5.74) is 2.87. The van der Waals surface area contributed by atoms with Crippen molar-refractivity contribution in [1.29, 1.82) is 0 Å². The van der Waals surface area contributed by atoms with Crippen LogP contribution in [-0.4, -0.2) is 44.9 Å². The van der Waals surface area contributed by atoms with Gasteiger partial charge in [0.15, 0.2) is 6.04 Å². The Hall–Kier alpha value is -3.13. The number of carbonyl (C=O) groups is 1. The number of ether oxygens (including phenoxy) is 1. The van der Waals surface area contributed by atoms with Crippen LogP contribution in [0.2, 0.25) is 0 Å². The van der Waals surface area contributed by atoms with Gasteiger partial charge in [0.2, 0.25) is 0 Å². The van der Waals surface area contributed by atoms with Crippen LogP contribution >= 0.6 is 11.6 Å². The van der Waals surface area contributed by atoms with E-state index in [-0.39, 0.29) is 17.8 Å². The highest BCUT2D eigenvalue weighted by Gasteiger charge is 2.42. The van der Waals surface area contributed by atoms with E-state index >= 15 is 0 Å². The largest absolute Gasteiger partial charge is 0.458 e. The Kier molecular flexibility index (Phi) is 6.17. The van der Waals surface area contributed by atoms with Gasteiger partial charge < -0.3 is 10.1 Å². The van der Waals surface area contributed by atoms with Gasteiger partial charge in [0.1, 0.15) is 23.6 Å². The summed E-state index contributed by atoms with van der Waals surface area (Å²) in [6.45, 7) is 5.61. The van der Waals surface area contributed by atoms with E-state index in [0.29, 0.717) is 18.5 Å². The fraction of sp³-hybridized carbons (Fsp3) is 0.423. The minimum absolute atomic E-state index is 0.0927. The van der Waals surface area contributed by atoms with E-state index in [1.807, 2.05) is 43.0 Å². The lowest BCUT2D eigenvalue weighted by Gasteiger charge is -2.34. The van der Waals surface area contributed by atoms with Gasteiger partial charge in [0.25, 0.3) is 0 Å². The average molecular weight is 498 g/mol. The minimum Gasteiger partial charge on any atom is -0.458 e. The summed E-state index contributed by atoms with van der Waals surface area (Å²) < 4.78 is 19.5. The number of allylic oxidation sites excluding steroid dienone is 3. The van der Waals surface area contributed by atoms with E-state index in [1.54, 1.807) is 6.34 Å². The molecule has 35 heavy (non-hydrogen) atoms. The Bertz CT molecular complexity index is 1200. The maximum absolute atomic E-state index is 13.7. The predicted molar refractivity (Wildman–Crippen MR) is 133 cm³/mol. The number of rotatable bonds is 3. The van der Waals surface area contributed by atoms with Crippen molar-refractivity contribution in [2.24, 2.45) is 5.10 Å². The number of nitrogens with zero attached hydrogens (tertiary/aromatic N) is 4.